The van der Waals surface area contributed by atoms with Gasteiger partial charge in [-0.1, -0.05) is 19.1 Å². The summed E-state index contributed by atoms with van der Waals surface area (Å²) < 4.78 is 0. The Morgan fingerprint density at radius 2 is 1.68 bits per heavy atom. The lowest BCUT2D eigenvalue weighted by atomic mass is 9.90. The van der Waals surface area contributed by atoms with Crippen LogP contribution in [0.1, 0.15) is 41.6 Å². The molecule has 0 saturated heterocycles. The molecular weight excluding hydrogens is 238 g/mol. The van der Waals surface area contributed by atoms with Crippen molar-refractivity contribution in [1.29, 1.82) is 0 Å². The lowest BCUT2D eigenvalue weighted by molar-refractivity contribution is -0.141. The largest absolute Gasteiger partial charge is 0.481 e. The molecule has 0 saturated carbocycles. The summed E-state index contributed by atoms with van der Waals surface area (Å²) in [5, 5.41) is 9.11. The summed E-state index contributed by atoms with van der Waals surface area (Å²) in [6.07, 6.45) is 0.631. The molecule has 3 nitrogen and oxygen atoms in total. The molecule has 0 aliphatic carbocycles. The number of aryl methyl sites for hydroxylation is 3. The molecule has 1 N–H and O–H groups in total. The lowest BCUT2D eigenvalue weighted by Crippen LogP contribution is -2.25. The maximum Gasteiger partial charge on any atom is 0.306 e. The van der Waals surface area contributed by atoms with Crippen molar-refractivity contribution in [2.24, 2.45) is 5.92 Å². The van der Waals surface area contributed by atoms with Crippen molar-refractivity contribution in [2.45, 2.75) is 40.2 Å². The first-order valence-electron chi connectivity index (χ1n) is 6.71. The third-order valence-electron chi connectivity index (χ3n) is 3.86. The first kappa shape index (κ1) is 15.7. The van der Waals surface area contributed by atoms with Crippen molar-refractivity contribution in [3.05, 3.63) is 34.4 Å². The minimum Gasteiger partial charge on any atom is -0.481 e. The summed E-state index contributed by atoms with van der Waals surface area (Å²) in [6, 6.07) is 4.53. The number of nitrogens with zero attached hydrogens (tertiary/aromatic N) is 1. The van der Waals surface area contributed by atoms with E-state index in [-0.39, 0.29) is 12.0 Å². The SMILES string of the molecule is Cc1cc(C)c(C(CC(C)C(=O)O)N(C)C)cc1C. The zero-order valence-corrected chi connectivity index (χ0v) is 12.8. The fourth-order valence-electron chi connectivity index (χ4n) is 2.39. The van der Waals surface area contributed by atoms with E-state index in [0.29, 0.717) is 6.42 Å². The van der Waals surface area contributed by atoms with Gasteiger partial charge >= 0.3 is 5.97 Å². The van der Waals surface area contributed by atoms with Crippen LogP contribution in [0.4, 0.5) is 0 Å². The Kier molecular flexibility index (Phi) is 5.12. The van der Waals surface area contributed by atoms with E-state index in [1.54, 1.807) is 6.92 Å². The summed E-state index contributed by atoms with van der Waals surface area (Å²) >= 11 is 0. The molecule has 0 radical (unpaired) electrons. The van der Waals surface area contributed by atoms with Crippen molar-refractivity contribution in [2.75, 3.05) is 14.1 Å². The highest BCUT2D eigenvalue weighted by Gasteiger charge is 2.23. The number of aliphatic carboxylic acids is 1. The maximum absolute atomic E-state index is 11.1. The Balaban J connectivity index is 3.13. The molecule has 1 aromatic carbocycles. The van der Waals surface area contributed by atoms with Gasteiger partial charge in [-0.3, -0.25) is 4.79 Å². The topological polar surface area (TPSA) is 40.5 Å². The van der Waals surface area contributed by atoms with Gasteiger partial charge in [0, 0.05) is 6.04 Å². The molecule has 3 heteroatoms. The van der Waals surface area contributed by atoms with Gasteiger partial charge in [-0.2, -0.15) is 0 Å². The average Bonchev–Trinajstić information content (AvgIpc) is 2.30. The van der Waals surface area contributed by atoms with Gasteiger partial charge in [0.15, 0.2) is 0 Å². The van der Waals surface area contributed by atoms with Gasteiger partial charge in [0.1, 0.15) is 0 Å². The van der Waals surface area contributed by atoms with E-state index in [9.17, 15) is 4.79 Å². The van der Waals surface area contributed by atoms with Crippen molar-refractivity contribution in [1.82, 2.24) is 4.90 Å². The summed E-state index contributed by atoms with van der Waals surface area (Å²) in [7, 11) is 4.02. The van der Waals surface area contributed by atoms with Crippen LogP contribution in [-0.2, 0) is 4.79 Å². The average molecular weight is 263 g/mol. The van der Waals surface area contributed by atoms with Crippen molar-refractivity contribution < 1.29 is 9.90 Å². The molecule has 1 aromatic rings. The van der Waals surface area contributed by atoms with Crippen LogP contribution < -0.4 is 0 Å². The second-order valence-corrected chi connectivity index (χ2v) is 5.75. The van der Waals surface area contributed by atoms with Crippen LogP contribution in [0.2, 0.25) is 0 Å². The molecule has 2 unspecified atom stereocenters. The Morgan fingerprint density at radius 1 is 1.16 bits per heavy atom. The van der Waals surface area contributed by atoms with E-state index in [1.807, 2.05) is 14.1 Å². The number of rotatable bonds is 5. The minimum atomic E-state index is -0.728. The van der Waals surface area contributed by atoms with Crippen LogP contribution in [0.25, 0.3) is 0 Å². The van der Waals surface area contributed by atoms with E-state index < -0.39 is 5.97 Å². The Labute approximate surface area is 116 Å². The van der Waals surface area contributed by atoms with Gasteiger partial charge in [0.05, 0.1) is 5.92 Å². The minimum absolute atomic E-state index is 0.144. The normalized spacial score (nSPS) is 14.5. The molecule has 0 aromatic heterocycles. The standard InChI is InChI=1S/C16H25NO2/c1-10-7-12(3)14(8-11(10)2)15(17(5)6)9-13(4)16(18)19/h7-8,13,15H,9H2,1-6H3,(H,18,19). The molecule has 0 fully saturated rings. The van der Waals surface area contributed by atoms with Gasteiger partial charge in [-0.15, -0.1) is 0 Å². The molecule has 1 rings (SSSR count). The Bertz CT molecular complexity index is 466. The zero-order valence-electron chi connectivity index (χ0n) is 12.8. The predicted molar refractivity (Wildman–Crippen MR) is 78.5 cm³/mol. The van der Waals surface area contributed by atoms with Crippen LogP contribution >= 0.6 is 0 Å². The second-order valence-electron chi connectivity index (χ2n) is 5.75. The number of carboxylic acid groups (broad SMARTS) is 1. The number of benzene rings is 1. The summed E-state index contributed by atoms with van der Waals surface area (Å²) in [5.41, 5.74) is 5.01. The molecule has 0 spiro atoms. The highest BCUT2D eigenvalue weighted by atomic mass is 16.4. The molecule has 0 aliphatic heterocycles. The molecule has 0 amide bonds. The number of hydrogen-bond acceptors (Lipinski definition) is 2. The molecule has 0 bridgehead atoms. The van der Waals surface area contributed by atoms with Crippen molar-refractivity contribution in [3.8, 4) is 0 Å². The third kappa shape index (κ3) is 3.80. The number of carbonyl (C=O) groups is 1. The van der Waals surface area contributed by atoms with Crippen molar-refractivity contribution >= 4 is 5.97 Å². The van der Waals surface area contributed by atoms with Crippen LogP contribution in [-0.4, -0.2) is 30.1 Å². The van der Waals surface area contributed by atoms with Crippen molar-refractivity contribution in [3.63, 3.8) is 0 Å². The monoisotopic (exact) mass is 263 g/mol. The van der Waals surface area contributed by atoms with Gasteiger partial charge in [0.2, 0.25) is 0 Å². The Morgan fingerprint density at radius 3 is 2.16 bits per heavy atom. The maximum atomic E-state index is 11.1. The molecule has 0 aliphatic rings. The van der Waals surface area contributed by atoms with Crippen LogP contribution in [0, 0.1) is 26.7 Å². The summed E-state index contributed by atoms with van der Waals surface area (Å²) in [6.45, 7) is 8.08. The van der Waals surface area contributed by atoms with E-state index in [1.165, 1.54) is 22.3 Å². The van der Waals surface area contributed by atoms with E-state index in [2.05, 4.69) is 37.8 Å². The van der Waals surface area contributed by atoms with E-state index >= 15 is 0 Å². The molecule has 19 heavy (non-hydrogen) atoms. The van der Waals surface area contributed by atoms with E-state index in [4.69, 9.17) is 5.11 Å². The highest BCUT2D eigenvalue weighted by molar-refractivity contribution is 5.69. The van der Waals surface area contributed by atoms with Crippen LogP contribution in [0.15, 0.2) is 12.1 Å². The molecule has 0 heterocycles. The third-order valence-corrected chi connectivity index (χ3v) is 3.86. The fraction of sp³-hybridized carbons (Fsp3) is 0.562. The van der Waals surface area contributed by atoms with Crippen LogP contribution in [0.5, 0.6) is 0 Å². The van der Waals surface area contributed by atoms with E-state index in [0.717, 1.165) is 0 Å². The molecule has 2 atom stereocenters. The molecular formula is C16H25NO2. The predicted octanol–water partition coefficient (Wildman–Crippen LogP) is 3.33. The fourth-order valence-corrected chi connectivity index (χ4v) is 2.39. The Hall–Kier alpha value is -1.35. The summed E-state index contributed by atoms with van der Waals surface area (Å²) in [4.78, 5) is 13.2. The summed E-state index contributed by atoms with van der Waals surface area (Å²) in [5.74, 6) is -1.07. The number of hydrogen-bond donors (Lipinski definition) is 1. The molecule has 106 valence electrons. The quantitative estimate of drug-likeness (QED) is 0.886. The van der Waals surface area contributed by atoms with Gasteiger partial charge < -0.3 is 10.0 Å². The first-order chi connectivity index (χ1) is 8.73. The smallest absolute Gasteiger partial charge is 0.306 e. The van der Waals surface area contributed by atoms with Gasteiger partial charge in [0.25, 0.3) is 0 Å². The lowest BCUT2D eigenvalue weighted by Gasteiger charge is -2.28. The van der Waals surface area contributed by atoms with Gasteiger partial charge in [-0.25, -0.2) is 0 Å². The van der Waals surface area contributed by atoms with Gasteiger partial charge in [-0.05, 0) is 63.5 Å². The number of carboxylic acids is 1. The first-order valence-corrected chi connectivity index (χ1v) is 6.71. The van der Waals surface area contributed by atoms with Crippen LogP contribution in [0.3, 0.4) is 0 Å². The highest BCUT2D eigenvalue weighted by Crippen LogP contribution is 2.30. The second kappa shape index (κ2) is 6.20. The zero-order chi connectivity index (χ0) is 14.7.